The van der Waals surface area contributed by atoms with Gasteiger partial charge in [-0.2, -0.15) is 0 Å². The topological polar surface area (TPSA) is 108 Å². The van der Waals surface area contributed by atoms with Gasteiger partial charge in [0.2, 0.25) is 0 Å². The molecule has 0 amide bonds. The molecular weight excluding hydrogens is 821 g/mol. The smallest absolute Gasteiger partial charge is 0.306 e. The molecule has 362 valence electrons. The lowest BCUT2D eigenvalue weighted by Crippen LogP contribution is -2.57. The lowest BCUT2D eigenvalue weighted by atomic mass is 9.83. The van der Waals surface area contributed by atoms with Crippen LogP contribution in [0.3, 0.4) is 0 Å². The Bertz CT molecular complexity index is 1780. The molecule has 65 heavy (non-hydrogen) atoms. The number of esters is 2. The Labute approximate surface area is 392 Å². The SMILES string of the molecule is C/C=C\C=C/C.C=CCOc1c(C)cc(CCC(=O)OCC(C)(C)C2OCC3(CO2)COC(C(C)(C)COC(=O)CCc2cc(C)c(OCC=C)c(C(C)(C)C)c2)OC3)cc1C(C)(C)C. The van der Waals surface area contributed by atoms with Gasteiger partial charge in [0.1, 0.15) is 37.9 Å². The van der Waals surface area contributed by atoms with Crippen LogP contribution in [-0.2, 0) is 61.7 Å². The quantitative estimate of drug-likeness (QED) is 0.0768. The minimum atomic E-state index is -0.584. The zero-order chi connectivity index (χ0) is 48.6. The van der Waals surface area contributed by atoms with Gasteiger partial charge in [0, 0.05) is 34.8 Å². The van der Waals surface area contributed by atoms with Crippen LogP contribution in [0.25, 0.3) is 0 Å². The number of hydrogen-bond donors (Lipinski definition) is 0. The highest BCUT2D eigenvalue weighted by Crippen LogP contribution is 2.40. The lowest BCUT2D eigenvalue weighted by molar-refractivity contribution is -0.337. The molecule has 0 aromatic heterocycles. The predicted octanol–water partition coefficient (Wildman–Crippen LogP) is 11.6. The van der Waals surface area contributed by atoms with Crippen LogP contribution >= 0.6 is 0 Å². The Kier molecular flexibility index (Phi) is 20.8. The van der Waals surface area contributed by atoms with E-state index in [0.717, 1.165) is 44.9 Å². The van der Waals surface area contributed by atoms with Gasteiger partial charge < -0.3 is 37.9 Å². The van der Waals surface area contributed by atoms with E-state index in [1.165, 1.54) is 0 Å². The van der Waals surface area contributed by atoms with E-state index in [2.05, 4.69) is 79.0 Å². The monoisotopic (exact) mass is 903 g/mol. The number of carbonyl (C=O) groups excluding carboxylic acids is 2. The number of aryl methyl sites for hydroxylation is 4. The van der Waals surface area contributed by atoms with Crippen molar-refractivity contribution >= 4 is 11.9 Å². The van der Waals surface area contributed by atoms with E-state index >= 15 is 0 Å². The molecular formula is C55H82O10. The first-order valence-electron chi connectivity index (χ1n) is 23.2. The largest absolute Gasteiger partial charge is 0.489 e. The van der Waals surface area contributed by atoms with Gasteiger partial charge in [-0.3, -0.25) is 9.59 Å². The summed E-state index contributed by atoms with van der Waals surface area (Å²) in [5.41, 5.74) is 4.52. The molecule has 0 radical (unpaired) electrons. The molecule has 0 atom stereocenters. The number of allylic oxidation sites excluding steroid dienone is 4. The van der Waals surface area contributed by atoms with Crippen LogP contribution in [-0.4, -0.2) is 77.4 Å². The summed E-state index contributed by atoms with van der Waals surface area (Å²) in [6.45, 7) is 39.1. The van der Waals surface area contributed by atoms with Crippen molar-refractivity contribution in [3.05, 3.63) is 107 Å². The van der Waals surface area contributed by atoms with E-state index in [0.29, 0.717) is 52.5 Å². The Balaban J connectivity index is 0.00000175. The summed E-state index contributed by atoms with van der Waals surface area (Å²) in [5, 5.41) is 0. The third-order valence-corrected chi connectivity index (χ3v) is 11.4. The molecule has 10 heteroatoms. The molecule has 0 aliphatic carbocycles. The van der Waals surface area contributed by atoms with Crippen LogP contribution in [0.1, 0.15) is 129 Å². The van der Waals surface area contributed by atoms with Gasteiger partial charge >= 0.3 is 11.9 Å². The normalized spacial score (nSPS) is 19.4. The summed E-state index contributed by atoms with van der Waals surface area (Å²) >= 11 is 0. The van der Waals surface area contributed by atoms with Gasteiger partial charge in [-0.15, -0.1) is 0 Å². The van der Waals surface area contributed by atoms with Gasteiger partial charge in [-0.1, -0.05) is 143 Å². The Hall–Kier alpha value is -4.22. The fourth-order valence-electron chi connectivity index (χ4n) is 7.55. The van der Waals surface area contributed by atoms with E-state index in [1.54, 1.807) is 12.2 Å². The highest BCUT2D eigenvalue weighted by molar-refractivity contribution is 5.70. The second kappa shape index (κ2) is 24.5. The van der Waals surface area contributed by atoms with Crippen molar-refractivity contribution in [1.29, 1.82) is 0 Å². The highest BCUT2D eigenvalue weighted by atomic mass is 16.7. The van der Waals surface area contributed by atoms with Crippen LogP contribution in [0, 0.1) is 30.1 Å². The van der Waals surface area contributed by atoms with Crippen molar-refractivity contribution in [3.8, 4) is 11.5 Å². The van der Waals surface area contributed by atoms with Crippen molar-refractivity contribution in [2.24, 2.45) is 16.2 Å². The maximum Gasteiger partial charge on any atom is 0.306 e. The highest BCUT2D eigenvalue weighted by Gasteiger charge is 2.48. The number of benzene rings is 2. The fraction of sp³-hybridized carbons (Fsp3) is 0.600. The summed E-state index contributed by atoms with van der Waals surface area (Å²) in [6, 6.07) is 8.42. The first-order valence-corrected chi connectivity index (χ1v) is 23.2. The number of carbonyl (C=O) groups is 2. The lowest BCUT2D eigenvalue weighted by Gasteiger charge is -2.48. The number of hydrogen-bond acceptors (Lipinski definition) is 10. The van der Waals surface area contributed by atoms with Crippen LogP contribution in [0.4, 0.5) is 0 Å². The third-order valence-electron chi connectivity index (χ3n) is 11.4. The van der Waals surface area contributed by atoms with E-state index in [4.69, 9.17) is 37.9 Å². The molecule has 10 nitrogen and oxygen atoms in total. The maximum atomic E-state index is 12.9. The second-order valence-corrected chi connectivity index (χ2v) is 21.0. The van der Waals surface area contributed by atoms with Crippen molar-refractivity contribution in [3.63, 3.8) is 0 Å². The second-order valence-electron chi connectivity index (χ2n) is 21.0. The minimum absolute atomic E-state index is 0.125. The van der Waals surface area contributed by atoms with E-state index in [9.17, 15) is 9.59 Å². The molecule has 2 aromatic carbocycles. The minimum Gasteiger partial charge on any atom is -0.489 e. The van der Waals surface area contributed by atoms with E-state index < -0.39 is 28.8 Å². The summed E-state index contributed by atoms with van der Waals surface area (Å²) in [7, 11) is 0. The molecule has 2 aliphatic heterocycles. The van der Waals surface area contributed by atoms with Crippen LogP contribution in [0.2, 0.25) is 0 Å². The van der Waals surface area contributed by atoms with Gasteiger partial charge in [0.15, 0.2) is 12.6 Å². The van der Waals surface area contributed by atoms with Crippen molar-refractivity contribution in [1.82, 2.24) is 0 Å². The molecule has 2 aliphatic rings. The Morgan fingerprint density at radius 3 is 1.25 bits per heavy atom. The average molecular weight is 903 g/mol. The van der Waals surface area contributed by atoms with Crippen molar-refractivity contribution < 1.29 is 47.5 Å². The first kappa shape index (κ1) is 55.1. The molecule has 0 N–H and O–H groups in total. The van der Waals surface area contributed by atoms with E-state index in [1.807, 2.05) is 79.7 Å². The standard InChI is InChI=1S/C49H72O10.C6H10/c1-15-21-52-41-33(3)23-35(25-37(41)45(5,6)7)17-19-39(50)54-27-47(11,12)43-56-29-49(30-57-43)31-58-44(59-32-49)48(13,14)28-55-40(51)20-18-36-24-34(4)42(53-22-16-2)38(26-36)46(8,9)10;1-3-5-6-4-2/h15-16,23-26,43-44H,1-2,17-22,27-32H2,3-14H3;3-6H,1-2H3/b;5-3-,6-4-. The molecule has 2 heterocycles. The Morgan fingerprint density at radius 2 is 0.954 bits per heavy atom. The molecule has 0 unspecified atom stereocenters. The Morgan fingerprint density at radius 1 is 0.615 bits per heavy atom. The molecule has 2 aromatic rings. The van der Waals surface area contributed by atoms with Crippen LogP contribution in [0.5, 0.6) is 11.5 Å². The van der Waals surface area contributed by atoms with Gasteiger partial charge in [0.05, 0.1) is 31.8 Å². The predicted molar refractivity (Wildman–Crippen MR) is 261 cm³/mol. The van der Waals surface area contributed by atoms with Crippen molar-refractivity contribution in [2.75, 3.05) is 52.9 Å². The number of rotatable bonds is 19. The summed E-state index contributed by atoms with van der Waals surface area (Å²) in [6.07, 6.45) is 12.0. The zero-order valence-corrected chi connectivity index (χ0v) is 42.4. The van der Waals surface area contributed by atoms with Crippen LogP contribution < -0.4 is 9.47 Å². The summed E-state index contributed by atoms with van der Waals surface area (Å²) in [4.78, 5) is 25.9. The molecule has 2 saturated heterocycles. The average Bonchev–Trinajstić information content (AvgIpc) is 3.24. The molecule has 0 saturated carbocycles. The molecule has 4 rings (SSSR count). The number of ether oxygens (including phenoxy) is 8. The summed E-state index contributed by atoms with van der Waals surface area (Å²) < 4.78 is 48.5. The first-order chi connectivity index (χ1) is 30.4. The molecule has 2 fully saturated rings. The zero-order valence-electron chi connectivity index (χ0n) is 42.4. The maximum absolute atomic E-state index is 12.9. The molecule has 0 bridgehead atoms. The van der Waals surface area contributed by atoms with Gasteiger partial charge in [-0.05, 0) is 73.6 Å². The van der Waals surface area contributed by atoms with Crippen LogP contribution in [0.15, 0.2) is 73.9 Å². The van der Waals surface area contributed by atoms with Crippen molar-refractivity contribution in [2.45, 2.75) is 146 Å². The van der Waals surface area contributed by atoms with E-state index in [-0.39, 0.29) is 48.8 Å². The van der Waals surface area contributed by atoms with Gasteiger partial charge in [0.25, 0.3) is 0 Å². The molecule has 1 spiro atoms. The van der Waals surface area contributed by atoms with Gasteiger partial charge in [-0.25, -0.2) is 0 Å². The fourth-order valence-corrected chi connectivity index (χ4v) is 7.55. The summed E-state index contributed by atoms with van der Waals surface area (Å²) in [5.74, 6) is 1.20. The third kappa shape index (κ3) is 16.9.